The van der Waals surface area contributed by atoms with Gasteiger partial charge in [-0.2, -0.15) is 0 Å². The van der Waals surface area contributed by atoms with Gasteiger partial charge in [0.2, 0.25) is 5.91 Å². The lowest BCUT2D eigenvalue weighted by Crippen LogP contribution is -2.65. The van der Waals surface area contributed by atoms with Crippen molar-refractivity contribution in [1.82, 2.24) is 10.3 Å². The first-order chi connectivity index (χ1) is 17.9. The number of aromatic amines is 1. The van der Waals surface area contributed by atoms with Crippen LogP contribution in [0.25, 0.3) is 10.9 Å². The van der Waals surface area contributed by atoms with Crippen LogP contribution in [-0.2, 0) is 35.1 Å². The Labute approximate surface area is 224 Å². The molecule has 9 heteroatoms. The molecule has 0 aliphatic carbocycles. The maximum absolute atomic E-state index is 13.6. The number of nitrogens with one attached hydrogen (secondary N) is 2. The minimum absolute atomic E-state index is 0.149. The Kier molecular flexibility index (Phi) is 10.9. The van der Waals surface area contributed by atoms with Crippen LogP contribution < -0.4 is 5.32 Å². The number of carboxylic acid groups (broad SMARTS) is 1. The highest BCUT2D eigenvalue weighted by Crippen LogP contribution is 2.37. The van der Waals surface area contributed by atoms with Gasteiger partial charge in [0.25, 0.3) is 5.54 Å². The first-order valence-electron chi connectivity index (χ1n) is 13.4. The zero-order valence-electron chi connectivity index (χ0n) is 23.4. The molecule has 0 fully saturated rings. The Hall–Kier alpha value is -3.36. The van der Waals surface area contributed by atoms with E-state index in [2.05, 4.69) is 17.2 Å². The zero-order valence-corrected chi connectivity index (χ0v) is 23.4. The fraction of sp³-hybridized carbons (Fsp3) is 0.586. The van der Waals surface area contributed by atoms with Gasteiger partial charge in [0.05, 0.1) is 6.61 Å². The maximum Gasteiger partial charge on any atom is 0.345 e. The van der Waals surface area contributed by atoms with Crippen LogP contribution in [0.3, 0.4) is 0 Å². The molecule has 1 amide bonds. The van der Waals surface area contributed by atoms with E-state index in [9.17, 15) is 24.3 Å². The van der Waals surface area contributed by atoms with Crippen molar-refractivity contribution < 1.29 is 33.8 Å². The van der Waals surface area contributed by atoms with Crippen LogP contribution in [0.4, 0.5) is 0 Å². The second-order valence-corrected chi connectivity index (χ2v) is 10.6. The molecule has 0 saturated heterocycles. The average molecular weight is 531 g/mol. The third-order valence-corrected chi connectivity index (χ3v) is 6.29. The molecule has 210 valence electrons. The molecule has 1 aromatic heterocycles. The third kappa shape index (κ3) is 7.58. The predicted octanol–water partition coefficient (Wildman–Crippen LogP) is 5.02. The van der Waals surface area contributed by atoms with Crippen molar-refractivity contribution in [1.29, 1.82) is 0 Å². The van der Waals surface area contributed by atoms with Crippen LogP contribution in [0.2, 0.25) is 0 Å². The van der Waals surface area contributed by atoms with Crippen molar-refractivity contribution in [2.24, 2.45) is 0 Å². The highest BCUT2D eigenvalue weighted by Gasteiger charge is 2.60. The first kappa shape index (κ1) is 30.9. The topological polar surface area (TPSA) is 135 Å². The van der Waals surface area contributed by atoms with Gasteiger partial charge in [-0.15, -0.1) is 0 Å². The SMILES string of the molecule is CCCCCCCCc1ccc2c(C(C(=O)OC(C)(C)C)C(NC(C)=O)(C(=O)O)C(=O)OCC)c[nH]c2c1. The summed E-state index contributed by atoms with van der Waals surface area (Å²) < 4.78 is 10.7. The number of H-pyrrole nitrogens is 1. The molecule has 0 radical (unpaired) electrons. The second-order valence-electron chi connectivity index (χ2n) is 10.6. The molecule has 1 aromatic carbocycles. The van der Waals surface area contributed by atoms with E-state index in [0.29, 0.717) is 10.9 Å². The number of carbonyl (C=O) groups is 4. The highest BCUT2D eigenvalue weighted by molar-refractivity contribution is 6.13. The molecular weight excluding hydrogens is 488 g/mol. The van der Waals surface area contributed by atoms with E-state index in [4.69, 9.17) is 9.47 Å². The minimum atomic E-state index is -2.74. The van der Waals surface area contributed by atoms with Gasteiger partial charge in [-0.05, 0) is 57.7 Å². The average Bonchev–Trinajstić information content (AvgIpc) is 3.22. The van der Waals surface area contributed by atoms with Crippen molar-refractivity contribution in [3.05, 3.63) is 35.5 Å². The molecule has 2 unspecified atom stereocenters. The summed E-state index contributed by atoms with van der Waals surface area (Å²) in [6.07, 6.45) is 9.47. The number of rotatable bonds is 14. The van der Waals surface area contributed by atoms with Gasteiger partial charge in [0.15, 0.2) is 0 Å². The molecule has 2 atom stereocenters. The summed E-state index contributed by atoms with van der Waals surface area (Å²) >= 11 is 0. The van der Waals surface area contributed by atoms with Gasteiger partial charge in [-0.25, -0.2) is 9.59 Å². The number of carbonyl (C=O) groups excluding carboxylic acids is 3. The minimum Gasteiger partial charge on any atom is -0.479 e. The highest BCUT2D eigenvalue weighted by atomic mass is 16.6. The number of hydrogen-bond acceptors (Lipinski definition) is 6. The summed E-state index contributed by atoms with van der Waals surface area (Å²) in [6.45, 7) is 9.54. The van der Waals surface area contributed by atoms with Crippen LogP contribution in [0, 0.1) is 0 Å². The van der Waals surface area contributed by atoms with Gasteiger partial charge in [-0.3, -0.25) is 9.59 Å². The fourth-order valence-corrected chi connectivity index (χ4v) is 4.63. The molecular formula is C29H42N2O7. The number of esters is 2. The van der Waals surface area contributed by atoms with Crippen molar-refractivity contribution >= 4 is 34.7 Å². The number of amides is 1. The van der Waals surface area contributed by atoms with Crippen molar-refractivity contribution in [3.63, 3.8) is 0 Å². The van der Waals surface area contributed by atoms with Crippen LogP contribution in [0.1, 0.15) is 97.1 Å². The van der Waals surface area contributed by atoms with E-state index >= 15 is 0 Å². The molecule has 2 aromatic rings. The summed E-state index contributed by atoms with van der Waals surface area (Å²) in [4.78, 5) is 54.9. The fourth-order valence-electron chi connectivity index (χ4n) is 4.63. The lowest BCUT2D eigenvalue weighted by molar-refractivity contribution is -0.175. The Morgan fingerprint density at radius 2 is 1.68 bits per heavy atom. The van der Waals surface area contributed by atoms with Crippen LogP contribution in [0.15, 0.2) is 24.4 Å². The molecule has 2 rings (SSSR count). The van der Waals surface area contributed by atoms with Crippen LogP contribution in [-0.4, -0.2) is 51.7 Å². The Morgan fingerprint density at radius 3 is 2.26 bits per heavy atom. The van der Waals surface area contributed by atoms with E-state index in [1.165, 1.54) is 38.8 Å². The predicted molar refractivity (Wildman–Crippen MR) is 145 cm³/mol. The van der Waals surface area contributed by atoms with Gasteiger partial charge in [0, 0.05) is 24.0 Å². The van der Waals surface area contributed by atoms with E-state index < -0.39 is 40.9 Å². The molecule has 0 bridgehead atoms. The standard InChI is InChI=1S/C29H42N2O7/c1-7-9-10-11-12-13-14-20-15-16-21-22(18-30-23(21)17-20)24(25(33)38-28(4,5)6)29(26(34)35,31-19(3)32)27(36)37-8-2/h15-18,24,30H,7-14H2,1-6H3,(H,31,32)(H,34,35). The van der Waals surface area contributed by atoms with E-state index in [-0.39, 0.29) is 12.2 Å². The molecule has 38 heavy (non-hydrogen) atoms. The third-order valence-electron chi connectivity index (χ3n) is 6.29. The van der Waals surface area contributed by atoms with Gasteiger partial charge >= 0.3 is 17.9 Å². The van der Waals surface area contributed by atoms with E-state index in [1.54, 1.807) is 26.8 Å². The van der Waals surface area contributed by atoms with Crippen molar-refractivity contribution in [2.45, 2.75) is 104 Å². The van der Waals surface area contributed by atoms with E-state index in [0.717, 1.165) is 31.7 Å². The smallest absolute Gasteiger partial charge is 0.345 e. The number of unbranched alkanes of at least 4 members (excludes halogenated alkanes) is 5. The number of benzene rings is 1. The maximum atomic E-state index is 13.6. The van der Waals surface area contributed by atoms with Crippen molar-refractivity contribution in [2.75, 3.05) is 6.61 Å². The summed E-state index contributed by atoms with van der Waals surface area (Å²) in [5.41, 5.74) is -1.73. The lowest BCUT2D eigenvalue weighted by atomic mass is 9.78. The number of aliphatic carboxylic acids is 1. The second kappa shape index (κ2) is 13.4. The quantitative estimate of drug-likeness (QED) is 0.177. The number of aryl methyl sites for hydroxylation is 1. The van der Waals surface area contributed by atoms with Gasteiger partial charge in [0.1, 0.15) is 11.5 Å². The molecule has 0 aliphatic heterocycles. The molecule has 3 N–H and O–H groups in total. The zero-order chi connectivity index (χ0) is 28.5. The van der Waals surface area contributed by atoms with E-state index in [1.807, 2.05) is 12.1 Å². The normalized spacial score (nSPS) is 13.9. The molecule has 0 saturated carbocycles. The molecule has 9 nitrogen and oxygen atoms in total. The Morgan fingerprint density at radius 1 is 1.03 bits per heavy atom. The Balaban J connectivity index is 2.58. The lowest BCUT2D eigenvalue weighted by Gasteiger charge is -2.35. The molecule has 0 spiro atoms. The number of aromatic nitrogens is 1. The Bertz CT molecular complexity index is 1130. The monoisotopic (exact) mass is 530 g/mol. The molecule has 0 aliphatic rings. The number of fused-ring (bicyclic) bond motifs is 1. The van der Waals surface area contributed by atoms with Crippen LogP contribution in [0.5, 0.6) is 0 Å². The molecule has 1 heterocycles. The summed E-state index contributed by atoms with van der Waals surface area (Å²) in [5.74, 6) is -6.49. The number of carboxylic acids is 1. The largest absolute Gasteiger partial charge is 0.479 e. The van der Waals surface area contributed by atoms with Crippen molar-refractivity contribution in [3.8, 4) is 0 Å². The van der Waals surface area contributed by atoms with Crippen LogP contribution >= 0.6 is 0 Å². The van der Waals surface area contributed by atoms with Gasteiger partial charge in [-0.1, -0.05) is 51.2 Å². The number of hydrogen-bond donors (Lipinski definition) is 3. The summed E-state index contributed by atoms with van der Waals surface area (Å²) in [5, 5.41) is 13.1. The first-order valence-corrected chi connectivity index (χ1v) is 13.4. The van der Waals surface area contributed by atoms with Gasteiger partial charge < -0.3 is 24.9 Å². The number of ether oxygens (including phenoxy) is 2. The summed E-state index contributed by atoms with van der Waals surface area (Å²) in [6, 6.07) is 5.70. The summed E-state index contributed by atoms with van der Waals surface area (Å²) in [7, 11) is 0.